The van der Waals surface area contributed by atoms with Gasteiger partial charge >= 0.3 is 0 Å². The predicted molar refractivity (Wildman–Crippen MR) is 91.7 cm³/mol. The number of para-hydroxylation sites is 1. The largest absolute Gasteiger partial charge is 0.316 e. The van der Waals surface area contributed by atoms with Crippen LogP contribution in [0.3, 0.4) is 0 Å². The Kier molecular flexibility index (Phi) is 3.49. The maximum absolute atomic E-state index is 4.21. The van der Waals surface area contributed by atoms with Gasteiger partial charge in [0.25, 0.3) is 0 Å². The Bertz CT molecular complexity index is 736. The molecule has 1 aliphatic heterocycles. The SMILES string of the molecule is C=C1/C=C\C(C)=C/N(c2ccccc2)c2cc(C)ccc21. The van der Waals surface area contributed by atoms with Crippen molar-refractivity contribution in [3.63, 3.8) is 0 Å². The molecule has 2 aromatic carbocycles. The van der Waals surface area contributed by atoms with Crippen molar-refractivity contribution in [2.45, 2.75) is 13.8 Å². The number of aryl methyl sites for hydroxylation is 1. The van der Waals surface area contributed by atoms with Crippen molar-refractivity contribution in [2.24, 2.45) is 0 Å². The fourth-order valence-corrected chi connectivity index (χ4v) is 2.55. The fraction of sp³-hybridized carbons (Fsp3) is 0.100. The molecule has 1 heteroatoms. The zero-order valence-electron chi connectivity index (χ0n) is 12.5. The topological polar surface area (TPSA) is 3.24 Å². The first kappa shape index (κ1) is 13.4. The highest BCUT2D eigenvalue weighted by Crippen LogP contribution is 2.35. The molecule has 0 fully saturated rings. The van der Waals surface area contributed by atoms with Crippen molar-refractivity contribution < 1.29 is 0 Å². The van der Waals surface area contributed by atoms with Crippen LogP contribution < -0.4 is 4.90 Å². The molecule has 21 heavy (non-hydrogen) atoms. The van der Waals surface area contributed by atoms with Crippen LogP contribution in [0, 0.1) is 6.92 Å². The molecule has 1 nitrogen and oxygen atoms in total. The molecule has 3 rings (SSSR count). The average molecular weight is 273 g/mol. The van der Waals surface area contributed by atoms with E-state index in [0.717, 1.165) is 11.3 Å². The van der Waals surface area contributed by atoms with E-state index in [1.54, 1.807) is 0 Å². The lowest BCUT2D eigenvalue weighted by atomic mass is 9.99. The van der Waals surface area contributed by atoms with Crippen molar-refractivity contribution in [1.82, 2.24) is 0 Å². The van der Waals surface area contributed by atoms with Crippen LogP contribution in [0.1, 0.15) is 18.1 Å². The number of fused-ring (bicyclic) bond motifs is 1. The number of hydrogen-bond acceptors (Lipinski definition) is 1. The molecule has 0 amide bonds. The maximum Gasteiger partial charge on any atom is 0.0536 e. The van der Waals surface area contributed by atoms with Crippen LogP contribution in [-0.4, -0.2) is 0 Å². The summed E-state index contributed by atoms with van der Waals surface area (Å²) in [6, 6.07) is 16.9. The normalized spacial score (nSPS) is 18.3. The molecule has 0 saturated heterocycles. The van der Waals surface area contributed by atoms with Gasteiger partial charge in [0, 0.05) is 17.5 Å². The van der Waals surface area contributed by atoms with E-state index in [0.29, 0.717) is 0 Å². The zero-order valence-corrected chi connectivity index (χ0v) is 12.5. The molecule has 1 aliphatic rings. The minimum absolute atomic E-state index is 1.04. The first-order valence-electron chi connectivity index (χ1n) is 7.16. The summed E-state index contributed by atoms with van der Waals surface area (Å²) < 4.78 is 0. The number of benzene rings is 2. The van der Waals surface area contributed by atoms with Gasteiger partial charge in [0.05, 0.1) is 5.69 Å². The van der Waals surface area contributed by atoms with Gasteiger partial charge in [0.1, 0.15) is 0 Å². The Morgan fingerprint density at radius 1 is 0.905 bits per heavy atom. The molecule has 0 aliphatic carbocycles. The van der Waals surface area contributed by atoms with Gasteiger partial charge in [-0.2, -0.15) is 0 Å². The second-order valence-corrected chi connectivity index (χ2v) is 5.46. The number of nitrogens with zero attached hydrogens (tertiary/aromatic N) is 1. The monoisotopic (exact) mass is 273 g/mol. The van der Waals surface area contributed by atoms with E-state index in [1.165, 1.54) is 22.4 Å². The number of allylic oxidation sites excluding steroid dienone is 4. The van der Waals surface area contributed by atoms with E-state index in [1.807, 2.05) is 6.07 Å². The molecule has 0 aromatic heterocycles. The zero-order chi connectivity index (χ0) is 14.8. The molecule has 0 bridgehead atoms. The summed E-state index contributed by atoms with van der Waals surface area (Å²) >= 11 is 0. The van der Waals surface area contributed by atoms with Crippen LogP contribution in [0.25, 0.3) is 5.57 Å². The van der Waals surface area contributed by atoms with E-state index in [2.05, 4.69) is 86.1 Å². The Hall–Kier alpha value is -2.54. The summed E-state index contributed by atoms with van der Waals surface area (Å²) in [5.74, 6) is 0. The summed E-state index contributed by atoms with van der Waals surface area (Å²) in [5.41, 5.74) is 7.00. The van der Waals surface area contributed by atoms with Crippen molar-refractivity contribution in [3.05, 3.63) is 90.2 Å². The van der Waals surface area contributed by atoms with Crippen LogP contribution >= 0.6 is 0 Å². The van der Waals surface area contributed by atoms with Crippen LogP contribution in [-0.2, 0) is 0 Å². The van der Waals surface area contributed by atoms with E-state index in [9.17, 15) is 0 Å². The van der Waals surface area contributed by atoms with Gasteiger partial charge in [-0.1, -0.05) is 49.1 Å². The predicted octanol–water partition coefficient (Wildman–Crippen LogP) is 5.62. The highest BCUT2D eigenvalue weighted by atomic mass is 15.1. The first-order valence-corrected chi connectivity index (χ1v) is 7.16. The van der Waals surface area contributed by atoms with Crippen molar-refractivity contribution in [3.8, 4) is 0 Å². The summed E-state index contributed by atoms with van der Waals surface area (Å²) in [5, 5.41) is 0. The van der Waals surface area contributed by atoms with Gasteiger partial charge in [-0.3, -0.25) is 0 Å². The maximum atomic E-state index is 4.21. The van der Waals surface area contributed by atoms with Crippen molar-refractivity contribution in [2.75, 3.05) is 4.90 Å². The second-order valence-electron chi connectivity index (χ2n) is 5.46. The Morgan fingerprint density at radius 3 is 2.43 bits per heavy atom. The standard InChI is InChI=1S/C20H19N/c1-15-10-12-19-17(3)11-9-16(2)14-21(20(19)13-15)18-7-5-4-6-8-18/h4-14H,3H2,1-2H3/b11-9-,16-14-. The third-order valence-corrected chi connectivity index (χ3v) is 3.67. The van der Waals surface area contributed by atoms with Gasteiger partial charge in [-0.15, -0.1) is 0 Å². The van der Waals surface area contributed by atoms with Crippen molar-refractivity contribution in [1.29, 1.82) is 0 Å². The lowest BCUT2D eigenvalue weighted by Crippen LogP contribution is -2.12. The number of rotatable bonds is 1. The summed E-state index contributed by atoms with van der Waals surface area (Å²) in [4.78, 5) is 2.24. The van der Waals surface area contributed by atoms with Crippen LogP contribution in [0.2, 0.25) is 0 Å². The Balaban J connectivity index is 2.26. The molecular formula is C20H19N. The Labute approximate surface area is 126 Å². The molecule has 0 N–H and O–H groups in total. The number of hydrogen-bond donors (Lipinski definition) is 0. The lowest BCUT2D eigenvalue weighted by molar-refractivity contribution is 1.23. The van der Waals surface area contributed by atoms with E-state index in [-0.39, 0.29) is 0 Å². The minimum atomic E-state index is 1.04. The Morgan fingerprint density at radius 2 is 1.67 bits per heavy atom. The van der Waals surface area contributed by atoms with Gasteiger partial charge in [-0.05, 0) is 48.8 Å². The van der Waals surface area contributed by atoms with Gasteiger partial charge < -0.3 is 4.90 Å². The molecule has 0 saturated carbocycles. The van der Waals surface area contributed by atoms with E-state index < -0.39 is 0 Å². The second kappa shape index (κ2) is 5.45. The molecule has 2 aromatic rings. The molecule has 0 spiro atoms. The smallest absolute Gasteiger partial charge is 0.0536 e. The van der Waals surface area contributed by atoms with Gasteiger partial charge in [0.2, 0.25) is 0 Å². The first-order chi connectivity index (χ1) is 10.1. The summed E-state index contributed by atoms with van der Waals surface area (Å²) in [6.07, 6.45) is 6.37. The summed E-state index contributed by atoms with van der Waals surface area (Å²) in [7, 11) is 0. The molecule has 0 unspecified atom stereocenters. The molecule has 104 valence electrons. The van der Waals surface area contributed by atoms with E-state index >= 15 is 0 Å². The highest BCUT2D eigenvalue weighted by molar-refractivity contribution is 5.86. The fourth-order valence-electron chi connectivity index (χ4n) is 2.55. The number of anilines is 2. The highest BCUT2D eigenvalue weighted by Gasteiger charge is 2.14. The van der Waals surface area contributed by atoms with Crippen LogP contribution in [0.5, 0.6) is 0 Å². The quantitative estimate of drug-likeness (QED) is 0.651. The average Bonchev–Trinajstić information content (AvgIpc) is 2.50. The lowest BCUT2D eigenvalue weighted by Gasteiger charge is -2.26. The van der Waals surface area contributed by atoms with Gasteiger partial charge in [0.15, 0.2) is 0 Å². The van der Waals surface area contributed by atoms with Crippen molar-refractivity contribution >= 4 is 16.9 Å². The molecular weight excluding hydrogens is 254 g/mol. The molecule has 0 atom stereocenters. The van der Waals surface area contributed by atoms with Crippen LogP contribution in [0.15, 0.2) is 79.0 Å². The minimum Gasteiger partial charge on any atom is -0.316 e. The van der Waals surface area contributed by atoms with Gasteiger partial charge in [-0.25, -0.2) is 0 Å². The van der Waals surface area contributed by atoms with Crippen LogP contribution in [0.4, 0.5) is 11.4 Å². The molecule has 1 heterocycles. The molecule has 0 radical (unpaired) electrons. The third-order valence-electron chi connectivity index (χ3n) is 3.67. The third kappa shape index (κ3) is 2.68. The summed E-state index contributed by atoms with van der Waals surface area (Å²) in [6.45, 7) is 8.44. The van der Waals surface area contributed by atoms with E-state index in [4.69, 9.17) is 0 Å².